The van der Waals surface area contributed by atoms with Crippen LogP contribution in [0.1, 0.15) is 30.7 Å². The van der Waals surface area contributed by atoms with Gasteiger partial charge < -0.3 is 9.73 Å². The zero-order valence-electron chi connectivity index (χ0n) is 16.2. The molecular weight excluding hydrogens is 372 g/mol. The Morgan fingerprint density at radius 3 is 2.21 bits per heavy atom. The summed E-state index contributed by atoms with van der Waals surface area (Å²) in [6, 6.07) is 21.5. The lowest BCUT2D eigenvalue weighted by Gasteiger charge is -2.10. The van der Waals surface area contributed by atoms with Crippen LogP contribution in [0, 0.1) is 0 Å². The zero-order valence-corrected chi connectivity index (χ0v) is 17.0. The average Bonchev–Trinajstić information content (AvgIpc) is 3.11. The maximum atomic E-state index is 12.0. The van der Waals surface area contributed by atoms with Gasteiger partial charge in [0.05, 0.1) is 12.3 Å². The molecule has 0 aliphatic heterocycles. The minimum absolute atomic E-state index is 0.00640. The van der Waals surface area contributed by atoms with Crippen LogP contribution in [0.25, 0.3) is 11.3 Å². The first-order valence-corrected chi connectivity index (χ1v) is 11.0. The molecule has 0 radical (unpaired) electrons. The second kappa shape index (κ2) is 9.19. The second-order valence-corrected chi connectivity index (χ2v) is 8.84. The molecule has 0 bridgehead atoms. The van der Waals surface area contributed by atoms with E-state index in [4.69, 9.17) is 4.42 Å². The van der Waals surface area contributed by atoms with Crippen molar-refractivity contribution in [1.29, 1.82) is 0 Å². The van der Waals surface area contributed by atoms with Crippen LogP contribution < -0.4 is 10.0 Å². The van der Waals surface area contributed by atoms with E-state index in [1.54, 1.807) is 0 Å². The Morgan fingerprint density at radius 1 is 0.857 bits per heavy atom. The number of hydrogen-bond acceptors (Lipinski definition) is 4. The van der Waals surface area contributed by atoms with E-state index in [1.165, 1.54) is 0 Å². The molecule has 0 aliphatic rings. The van der Waals surface area contributed by atoms with Crippen molar-refractivity contribution >= 4 is 10.0 Å². The Labute approximate surface area is 166 Å². The second-order valence-electron chi connectivity index (χ2n) is 7.08. The first-order chi connectivity index (χ1) is 13.4. The Balaban J connectivity index is 1.50. The molecule has 6 heteroatoms. The van der Waals surface area contributed by atoms with Crippen LogP contribution in [0.3, 0.4) is 0 Å². The van der Waals surface area contributed by atoms with E-state index < -0.39 is 10.0 Å². The number of hydrogen-bond donors (Lipinski definition) is 2. The third kappa shape index (κ3) is 6.05. The molecular formula is C22H26N2O3S. The zero-order chi connectivity index (χ0) is 20.0. The smallest absolute Gasteiger partial charge is 0.216 e. The van der Waals surface area contributed by atoms with Gasteiger partial charge in [0.15, 0.2) is 0 Å². The molecule has 1 heterocycles. The third-order valence-corrected chi connectivity index (χ3v) is 5.69. The van der Waals surface area contributed by atoms with Gasteiger partial charge in [-0.15, -0.1) is 0 Å². The summed E-state index contributed by atoms with van der Waals surface area (Å²) in [5.41, 5.74) is 2.93. The van der Waals surface area contributed by atoms with E-state index in [2.05, 4.69) is 10.0 Å². The Kier molecular flexibility index (Phi) is 6.67. The van der Waals surface area contributed by atoms with Crippen molar-refractivity contribution in [1.82, 2.24) is 10.0 Å². The fourth-order valence-electron chi connectivity index (χ4n) is 2.93. The van der Waals surface area contributed by atoms with Gasteiger partial charge in [-0.05, 0) is 37.1 Å². The lowest BCUT2D eigenvalue weighted by atomic mass is 10.1. The molecule has 0 saturated carbocycles. The van der Waals surface area contributed by atoms with E-state index in [9.17, 15) is 8.42 Å². The van der Waals surface area contributed by atoms with E-state index in [0.717, 1.165) is 28.2 Å². The molecule has 0 amide bonds. The summed E-state index contributed by atoms with van der Waals surface area (Å²) in [7, 11) is -3.30. The van der Waals surface area contributed by atoms with Gasteiger partial charge >= 0.3 is 0 Å². The topological polar surface area (TPSA) is 71.3 Å². The highest BCUT2D eigenvalue weighted by molar-refractivity contribution is 7.88. The van der Waals surface area contributed by atoms with Crippen LogP contribution in [-0.4, -0.2) is 14.5 Å². The molecule has 0 saturated heterocycles. The van der Waals surface area contributed by atoms with Crippen LogP contribution in [0.15, 0.2) is 71.1 Å². The van der Waals surface area contributed by atoms with Crippen molar-refractivity contribution in [2.45, 2.75) is 38.7 Å². The summed E-state index contributed by atoms with van der Waals surface area (Å²) >= 11 is 0. The Bertz CT molecular complexity index is 978. The minimum Gasteiger partial charge on any atom is -0.460 e. The molecule has 1 aromatic heterocycles. The lowest BCUT2D eigenvalue weighted by Crippen LogP contribution is -2.31. The number of rotatable bonds is 9. The van der Waals surface area contributed by atoms with Crippen molar-refractivity contribution in [3.05, 3.63) is 83.6 Å². The molecule has 0 unspecified atom stereocenters. The van der Waals surface area contributed by atoms with Gasteiger partial charge in [0, 0.05) is 18.2 Å². The van der Waals surface area contributed by atoms with E-state index >= 15 is 0 Å². The Hall–Kier alpha value is -2.41. The van der Waals surface area contributed by atoms with E-state index in [1.807, 2.05) is 80.6 Å². The maximum Gasteiger partial charge on any atom is 0.216 e. The van der Waals surface area contributed by atoms with Crippen LogP contribution >= 0.6 is 0 Å². The molecule has 0 aliphatic carbocycles. The minimum atomic E-state index is -3.30. The van der Waals surface area contributed by atoms with Crippen LogP contribution in [0.5, 0.6) is 0 Å². The summed E-state index contributed by atoms with van der Waals surface area (Å²) in [5.74, 6) is 1.73. The van der Waals surface area contributed by atoms with Gasteiger partial charge in [0.25, 0.3) is 0 Å². The summed E-state index contributed by atoms with van der Waals surface area (Å²) in [4.78, 5) is 0. The monoisotopic (exact) mass is 398 g/mol. The molecule has 0 spiro atoms. The molecule has 3 rings (SSSR count). The van der Waals surface area contributed by atoms with E-state index in [-0.39, 0.29) is 11.8 Å². The summed E-state index contributed by atoms with van der Waals surface area (Å²) in [6.07, 6.45) is 0. The van der Waals surface area contributed by atoms with Gasteiger partial charge in [-0.3, -0.25) is 0 Å². The molecule has 28 heavy (non-hydrogen) atoms. The van der Waals surface area contributed by atoms with Crippen LogP contribution in [0.2, 0.25) is 0 Å². The summed E-state index contributed by atoms with van der Waals surface area (Å²) in [6.45, 7) is 4.93. The molecule has 2 N–H and O–H groups in total. The molecule has 0 fully saturated rings. The van der Waals surface area contributed by atoms with Gasteiger partial charge in [0.2, 0.25) is 10.0 Å². The highest BCUT2D eigenvalue weighted by Gasteiger charge is 2.12. The first kappa shape index (κ1) is 20.3. The summed E-state index contributed by atoms with van der Waals surface area (Å²) in [5, 5.41) is 3.35. The molecule has 3 aromatic rings. The number of benzene rings is 2. The highest BCUT2D eigenvalue weighted by atomic mass is 32.2. The van der Waals surface area contributed by atoms with Crippen LogP contribution in [0.4, 0.5) is 0 Å². The lowest BCUT2D eigenvalue weighted by molar-refractivity contribution is 0.493. The largest absolute Gasteiger partial charge is 0.460 e. The highest BCUT2D eigenvalue weighted by Crippen LogP contribution is 2.21. The number of nitrogens with one attached hydrogen (secondary N) is 2. The average molecular weight is 399 g/mol. The van der Waals surface area contributed by atoms with Crippen molar-refractivity contribution in [3.63, 3.8) is 0 Å². The molecule has 148 valence electrons. The maximum absolute atomic E-state index is 12.0. The fraction of sp³-hybridized carbons (Fsp3) is 0.273. The standard InChI is InChI=1S/C22H26N2O3S/c1-17(2)24-28(25,26)16-19-10-8-18(9-11-19)14-23-15-21-12-13-22(27-21)20-6-4-3-5-7-20/h3-13,17,23-24H,14-16H2,1-2H3. The normalized spacial score (nSPS) is 11.8. The SMILES string of the molecule is CC(C)NS(=O)(=O)Cc1ccc(CNCc2ccc(-c3ccccc3)o2)cc1. The predicted octanol–water partition coefficient (Wildman–Crippen LogP) is 4.06. The Morgan fingerprint density at radius 2 is 1.54 bits per heavy atom. The third-order valence-electron chi connectivity index (χ3n) is 4.14. The van der Waals surface area contributed by atoms with Crippen LogP contribution in [-0.2, 0) is 28.9 Å². The quantitative estimate of drug-likeness (QED) is 0.570. The van der Waals surface area contributed by atoms with Gasteiger partial charge in [-0.25, -0.2) is 13.1 Å². The molecule has 2 aromatic carbocycles. The fourth-order valence-corrected chi connectivity index (χ4v) is 4.37. The molecule has 5 nitrogen and oxygen atoms in total. The van der Waals surface area contributed by atoms with Crippen molar-refractivity contribution in [2.75, 3.05) is 0 Å². The van der Waals surface area contributed by atoms with Gasteiger partial charge in [-0.1, -0.05) is 54.6 Å². The van der Waals surface area contributed by atoms with Gasteiger partial charge in [0.1, 0.15) is 11.5 Å². The number of sulfonamides is 1. The molecule has 0 atom stereocenters. The van der Waals surface area contributed by atoms with Crippen molar-refractivity contribution < 1.29 is 12.8 Å². The first-order valence-electron chi connectivity index (χ1n) is 9.34. The van der Waals surface area contributed by atoms with Crippen molar-refractivity contribution in [3.8, 4) is 11.3 Å². The summed E-state index contributed by atoms with van der Waals surface area (Å²) < 4.78 is 32.5. The predicted molar refractivity (Wildman–Crippen MR) is 112 cm³/mol. The van der Waals surface area contributed by atoms with E-state index in [0.29, 0.717) is 13.1 Å². The van der Waals surface area contributed by atoms with Gasteiger partial charge in [-0.2, -0.15) is 0 Å². The van der Waals surface area contributed by atoms with Crippen molar-refractivity contribution in [2.24, 2.45) is 0 Å². The number of furan rings is 1.